The summed E-state index contributed by atoms with van der Waals surface area (Å²) in [6, 6.07) is 7.59. The molecule has 27 heavy (non-hydrogen) atoms. The summed E-state index contributed by atoms with van der Waals surface area (Å²) in [6.45, 7) is 10.9. The summed E-state index contributed by atoms with van der Waals surface area (Å²) in [5, 5.41) is 3.12. The predicted molar refractivity (Wildman–Crippen MR) is 121 cm³/mol. The lowest BCUT2D eigenvalue weighted by molar-refractivity contribution is -0.0586. The van der Waals surface area contributed by atoms with Gasteiger partial charge in [-0.15, -0.1) is 24.0 Å². The third kappa shape index (κ3) is 8.04. The Bertz CT molecular complexity index is 609. The van der Waals surface area contributed by atoms with Crippen molar-refractivity contribution in [1.82, 2.24) is 10.2 Å². The number of hydrogen-bond acceptors (Lipinski definition) is 3. The number of morpholine rings is 1. The monoisotopic (exact) mass is 488 g/mol. The molecule has 2 rings (SSSR count). The Hall–Kier alpha value is -1.35. The summed E-state index contributed by atoms with van der Waals surface area (Å²) in [5.74, 6) is 1.15. The molecule has 0 spiro atoms. The van der Waals surface area contributed by atoms with Gasteiger partial charge in [0.25, 0.3) is 5.91 Å². The van der Waals surface area contributed by atoms with Crippen LogP contribution in [0.2, 0.25) is 0 Å². The average Bonchev–Trinajstić information content (AvgIpc) is 2.58. The zero-order valence-corrected chi connectivity index (χ0v) is 19.1. The van der Waals surface area contributed by atoms with Crippen LogP contribution < -0.4 is 11.1 Å². The number of rotatable bonds is 6. The minimum atomic E-state index is 0. The van der Waals surface area contributed by atoms with Crippen LogP contribution in [0.15, 0.2) is 29.3 Å². The number of benzene rings is 1. The molecule has 0 saturated carbocycles. The van der Waals surface area contributed by atoms with Gasteiger partial charge in [-0.2, -0.15) is 0 Å². The van der Waals surface area contributed by atoms with Gasteiger partial charge in [-0.05, 0) is 43.9 Å². The third-order valence-corrected chi connectivity index (χ3v) is 4.37. The van der Waals surface area contributed by atoms with Crippen LogP contribution in [0.25, 0.3) is 0 Å². The van der Waals surface area contributed by atoms with Gasteiger partial charge in [0, 0.05) is 25.2 Å². The van der Waals surface area contributed by atoms with Crippen molar-refractivity contribution in [2.24, 2.45) is 16.6 Å². The Morgan fingerprint density at radius 3 is 2.41 bits per heavy atom. The van der Waals surface area contributed by atoms with Crippen LogP contribution in [0.5, 0.6) is 0 Å². The minimum absolute atomic E-state index is 0. The average molecular weight is 488 g/mol. The summed E-state index contributed by atoms with van der Waals surface area (Å²) in [7, 11) is 0. The van der Waals surface area contributed by atoms with Crippen molar-refractivity contribution >= 4 is 35.8 Å². The van der Waals surface area contributed by atoms with Gasteiger partial charge in [-0.25, -0.2) is 4.99 Å². The molecule has 1 fully saturated rings. The Morgan fingerprint density at radius 1 is 1.26 bits per heavy atom. The fourth-order valence-corrected chi connectivity index (χ4v) is 3.00. The molecular formula is C20H33IN4O2. The predicted octanol–water partition coefficient (Wildman–Crippen LogP) is 3.00. The van der Waals surface area contributed by atoms with Gasteiger partial charge in [0.1, 0.15) is 0 Å². The molecule has 7 heteroatoms. The Morgan fingerprint density at radius 2 is 1.85 bits per heavy atom. The molecule has 1 heterocycles. The van der Waals surface area contributed by atoms with Gasteiger partial charge >= 0.3 is 0 Å². The van der Waals surface area contributed by atoms with Crippen molar-refractivity contribution in [1.29, 1.82) is 0 Å². The molecule has 6 nitrogen and oxygen atoms in total. The molecular weight excluding hydrogens is 455 g/mol. The molecule has 1 aromatic rings. The van der Waals surface area contributed by atoms with E-state index >= 15 is 0 Å². The Balaban J connectivity index is 0.00000364. The highest BCUT2D eigenvalue weighted by molar-refractivity contribution is 14.0. The Kier molecular flexibility index (Phi) is 10.1. The smallest absolute Gasteiger partial charge is 0.254 e. The maximum Gasteiger partial charge on any atom is 0.254 e. The second-order valence-electron chi connectivity index (χ2n) is 7.48. The van der Waals surface area contributed by atoms with Crippen molar-refractivity contribution in [2.45, 2.75) is 52.9 Å². The zero-order valence-electron chi connectivity index (χ0n) is 16.8. The van der Waals surface area contributed by atoms with E-state index in [2.05, 4.69) is 24.2 Å². The maximum absolute atomic E-state index is 12.7. The van der Waals surface area contributed by atoms with Crippen molar-refractivity contribution < 1.29 is 9.53 Å². The van der Waals surface area contributed by atoms with E-state index in [0.717, 1.165) is 18.5 Å². The van der Waals surface area contributed by atoms with E-state index in [9.17, 15) is 4.79 Å². The number of halogens is 1. The number of hydrogen-bond donors (Lipinski definition) is 2. The first kappa shape index (κ1) is 23.7. The summed E-state index contributed by atoms with van der Waals surface area (Å²) >= 11 is 0. The van der Waals surface area contributed by atoms with E-state index in [1.165, 1.54) is 0 Å². The standard InChI is InChI=1S/C20H32N4O2.HI/c1-14(2)9-10-22-20(21)23-11-17-5-7-18(8-6-17)19(25)24-12-15(3)26-16(4)13-24;/h5-8,14-16H,9-13H2,1-4H3,(H3,21,22,23);1H. The lowest BCUT2D eigenvalue weighted by Gasteiger charge is -2.35. The Labute approximate surface area is 179 Å². The fourth-order valence-electron chi connectivity index (χ4n) is 3.00. The summed E-state index contributed by atoms with van der Waals surface area (Å²) in [5.41, 5.74) is 7.60. The second-order valence-corrected chi connectivity index (χ2v) is 7.48. The van der Waals surface area contributed by atoms with Crippen LogP contribution in [0.3, 0.4) is 0 Å². The van der Waals surface area contributed by atoms with E-state index in [1.807, 2.05) is 43.0 Å². The lowest BCUT2D eigenvalue weighted by Crippen LogP contribution is -2.48. The molecule has 152 valence electrons. The van der Waals surface area contributed by atoms with Gasteiger partial charge < -0.3 is 20.7 Å². The number of carbonyl (C=O) groups excluding carboxylic acids is 1. The summed E-state index contributed by atoms with van der Waals surface area (Å²) < 4.78 is 5.69. The van der Waals surface area contributed by atoms with Gasteiger partial charge in [-0.3, -0.25) is 4.79 Å². The molecule has 2 atom stereocenters. The van der Waals surface area contributed by atoms with Crippen LogP contribution in [0, 0.1) is 5.92 Å². The lowest BCUT2D eigenvalue weighted by atomic mass is 10.1. The van der Waals surface area contributed by atoms with E-state index in [0.29, 0.717) is 37.1 Å². The molecule has 1 saturated heterocycles. The first-order valence-corrected chi connectivity index (χ1v) is 9.42. The maximum atomic E-state index is 12.7. The quantitative estimate of drug-likeness (QED) is 0.367. The van der Waals surface area contributed by atoms with Crippen LogP contribution in [-0.4, -0.2) is 48.6 Å². The van der Waals surface area contributed by atoms with Gasteiger partial charge in [0.15, 0.2) is 5.96 Å². The number of aliphatic imine (C=N–C) groups is 1. The second kappa shape index (κ2) is 11.5. The molecule has 1 aliphatic rings. The van der Waals surface area contributed by atoms with E-state index < -0.39 is 0 Å². The fraction of sp³-hybridized carbons (Fsp3) is 0.600. The normalized spacial score (nSPS) is 20.3. The summed E-state index contributed by atoms with van der Waals surface area (Å²) in [6.07, 6.45) is 1.20. The number of nitrogens with two attached hydrogens (primary N) is 1. The van der Waals surface area contributed by atoms with E-state index in [1.54, 1.807) is 0 Å². The number of guanidine groups is 1. The molecule has 1 aromatic carbocycles. The highest BCUT2D eigenvalue weighted by Crippen LogP contribution is 2.15. The van der Waals surface area contributed by atoms with Crippen molar-refractivity contribution in [2.75, 3.05) is 19.6 Å². The SMILES string of the molecule is CC(C)CCNC(N)=NCc1ccc(C(=O)N2CC(C)OC(C)C2)cc1.I. The van der Waals surface area contributed by atoms with E-state index in [4.69, 9.17) is 10.5 Å². The highest BCUT2D eigenvalue weighted by Gasteiger charge is 2.26. The van der Waals surface area contributed by atoms with Crippen molar-refractivity contribution in [3.63, 3.8) is 0 Å². The number of nitrogens with zero attached hydrogens (tertiary/aromatic N) is 2. The number of ether oxygens (including phenoxy) is 1. The molecule has 0 aliphatic carbocycles. The van der Waals surface area contributed by atoms with Crippen molar-refractivity contribution in [3.05, 3.63) is 35.4 Å². The molecule has 0 aromatic heterocycles. The first-order chi connectivity index (χ1) is 12.3. The number of amides is 1. The van der Waals surface area contributed by atoms with Crippen molar-refractivity contribution in [3.8, 4) is 0 Å². The highest BCUT2D eigenvalue weighted by atomic mass is 127. The molecule has 1 amide bonds. The largest absolute Gasteiger partial charge is 0.372 e. The van der Waals surface area contributed by atoms with Gasteiger partial charge in [-0.1, -0.05) is 26.0 Å². The number of nitrogens with one attached hydrogen (secondary N) is 1. The van der Waals surface area contributed by atoms with Gasteiger partial charge in [0.05, 0.1) is 18.8 Å². The molecule has 2 unspecified atom stereocenters. The minimum Gasteiger partial charge on any atom is -0.372 e. The van der Waals surface area contributed by atoms with Crippen LogP contribution in [0.1, 0.15) is 50.0 Å². The first-order valence-electron chi connectivity index (χ1n) is 9.42. The van der Waals surface area contributed by atoms with E-state index in [-0.39, 0.29) is 42.1 Å². The molecule has 3 N–H and O–H groups in total. The molecule has 0 radical (unpaired) electrons. The topological polar surface area (TPSA) is 79.9 Å². The van der Waals surface area contributed by atoms with Crippen LogP contribution in [0.4, 0.5) is 0 Å². The number of carbonyl (C=O) groups is 1. The van der Waals surface area contributed by atoms with Gasteiger partial charge in [0.2, 0.25) is 0 Å². The zero-order chi connectivity index (χ0) is 19.1. The third-order valence-electron chi connectivity index (χ3n) is 4.37. The van der Waals surface area contributed by atoms with Crippen LogP contribution >= 0.6 is 24.0 Å². The molecule has 1 aliphatic heterocycles. The van der Waals surface area contributed by atoms with Crippen LogP contribution in [-0.2, 0) is 11.3 Å². The summed E-state index contributed by atoms with van der Waals surface area (Å²) in [4.78, 5) is 18.9. The molecule has 0 bridgehead atoms.